The van der Waals surface area contributed by atoms with Crippen LogP contribution in [0.3, 0.4) is 0 Å². The number of amidine groups is 1. The lowest BCUT2D eigenvalue weighted by molar-refractivity contribution is 0.0816. The van der Waals surface area contributed by atoms with Crippen LogP contribution in [0, 0.1) is 0 Å². The Kier molecular flexibility index (Phi) is 4.63. The van der Waals surface area contributed by atoms with Crippen molar-refractivity contribution < 1.29 is 4.79 Å². The summed E-state index contributed by atoms with van der Waals surface area (Å²) >= 11 is 6.00. The van der Waals surface area contributed by atoms with Gasteiger partial charge in [-0.1, -0.05) is 41.9 Å². The first kappa shape index (κ1) is 15.6. The third kappa shape index (κ3) is 3.71. The molecular formula is C18H18ClN3O. The number of nitrogens with zero attached hydrogens (tertiary/aromatic N) is 2. The van der Waals surface area contributed by atoms with Gasteiger partial charge in [0.25, 0.3) is 5.91 Å². The van der Waals surface area contributed by atoms with Crippen molar-refractivity contribution in [1.82, 2.24) is 10.2 Å². The Morgan fingerprint density at radius 1 is 1.22 bits per heavy atom. The number of benzene rings is 2. The van der Waals surface area contributed by atoms with Gasteiger partial charge in [0.15, 0.2) is 0 Å². The molecule has 5 heteroatoms. The van der Waals surface area contributed by atoms with E-state index in [4.69, 9.17) is 11.6 Å². The second kappa shape index (κ2) is 6.84. The molecule has 2 aromatic rings. The number of nitrogens with one attached hydrogen (secondary N) is 1. The van der Waals surface area contributed by atoms with E-state index in [1.165, 1.54) is 5.56 Å². The summed E-state index contributed by atoms with van der Waals surface area (Å²) in [4.78, 5) is 18.6. The summed E-state index contributed by atoms with van der Waals surface area (Å²) in [5, 5.41) is 3.88. The molecule has 118 valence electrons. The second-order valence-electron chi connectivity index (χ2n) is 5.54. The SMILES string of the molecule is CN1CC(NCCc2ccccc2)=Nc2ccc(Cl)cc2C1=O. The van der Waals surface area contributed by atoms with Crippen LogP contribution in [0.2, 0.25) is 5.02 Å². The lowest BCUT2D eigenvalue weighted by atomic mass is 10.1. The predicted octanol–water partition coefficient (Wildman–Crippen LogP) is 3.29. The number of halogens is 1. The highest BCUT2D eigenvalue weighted by atomic mass is 35.5. The Balaban J connectivity index is 1.74. The highest BCUT2D eigenvalue weighted by Gasteiger charge is 2.21. The standard InChI is InChI=1S/C18H18ClN3O/c1-22-12-17(20-10-9-13-5-3-2-4-6-13)21-16-8-7-14(19)11-15(16)18(22)23/h2-8,11H,9-10,12H2,1H3,(H,20,21). The maximum atomic E-state index is 12.4. The minimum absolute atomic E-state index is 0.0638. The van der Waals surface area contributed by atoms with Crippen molar-refractivity contribution in [2.75, 3.05) is 20.1 Å². The molecule has 23 heavy (non-hydrogen) atoms. The fourth-order valence-corrected chi connectivity index (χ4v) is 2.72. The summed E-state index contributed by atoms with van der Waals surface area (Å²) in [5.74, 6) is 0.726. The van der Waals surface area contributed by atoms with Crippen LogP contribution < -0.4 is 5.32 Å². The van der Waals surface area contributed by atoms with Crippen molar-refractivity contribution in [2.45, 2.75) is 6.42 Å². The molecule has 0 radical (unpaired) electrons. The average Bonchev–Trinajstić information content (AvgIpc) is 2.67. The normalized spacial score (nSPS) is 14.1. The molecule has 0 spiro atoms. The third-order valence-electron chi connectivity index (χ3n) is 3.76. The van der Waals surface area contributed by atoms with Crippen molar-refractivity contribution in [3.63, 3.8) is 0 Å². The van der Waals surface area contributed by atoms with E-state index in [9.17, 15) is 4.79 Å². The van der Waals surface area contributed by atoms with Gasteiger partial charge in [0.2, 0.25) is 0 Å². The first-order valence-electron chi connectivity index (χ1n) is 7.54. The van der Waals surface area contributed by atoms with E-state index in [1.807, 2.05) is 18.2 Å². The van der Waals surface area contributed by atoms with Crippen LogP contribution in [0.5, 0.6) is 0 Å². The van der Waals surface area contributed by atoms with Gasteiger partial charge in [0.1, 0.15) is 5.84 Å². The molecule has 1 amide bonds. The van der Waals surface area contributed by atoms with Gasteiger partial charge in [0, 0.05) is 18.6 Å². The Bertz CT molecular complexity index is 743. The number of carbonyl (C=O) groups is 1. The highest BCUT2D eigenvalue weighted by molar-refractivity contribution is 6.31. The van der Waals surface area contributed by atoms with Gasteiger partial charge in [-0.2, -0.15) is 0 Å². The number of carbonyl (C=O) groups excluding carboxylic acids is 1. The minimum atomic E-state index is -0.0638. The van der Waals surface area contributed by atoms with E-state index in [1.54, 1.807) is 30.1 Å². The summed E-state index contributed by atoms with van der Waals surface area (Å²) in [6.45, 7) is 1.23. The fraction of sp³-hybridized carbons (Fsp3) is 0.222. The van der Waals surface area contributed by atoms with Crippen LogP contribution >= 0.6 is 11.6 Å². The smallest absolute Gasteiger partial charge is 0.256 e. The minimum Gasteiger partial charge on any atom is -0.372 e. The Morgan fingerprint density at radius 3 is 2.78 bits per heavy atom. The topological polar surface area (TPSA) is 44.7 Å². The van der Waals surface area contributed by atoms with Gasteiger partial charge >= 0.3 is 0 Å². The Labute approximate surface area is 140 Å². The zero-order valence-electron chi connectivity index (χ0n) is 12.9. The lowest BCUT2D eigenvalue weighted by Crippen LogP contribution is -2.37. The largest absolute Gasteiger partial charge is 0.372 e. The van der Waals surface area contributed by atoms with E-state index < -0.39 is 0 Å². The zero-order chi connectivity index (χ0) is 16.2. The average molecular weight is 328 g/mol. The summed E-state index contributed by atoms with van der Waals surface area (Å²) in [5.41, 5.74) is 2.47. The van der Waals surface area contributed by atoms with Crippen molar-refractivity contribution in [1.29, 1.82) is 0 Å². The van der Waals surface area contributed by atoms with E-state index >= 15 is 0 Å². The lowest BCUT2D eigenvalue weighted by Gasteiger charge is -2.16. The zero-order valence-corrected chi connectivity index (χ0v) is 13.7. The van der Waals surface area contributed by atoms with Gasteiger partial charge in [-0.05, 0) is 30.2 Å². The predicted molar refractivity (Wildman–Crippen MR) is 93.7 cm³/mol. The molecule has 0 saturated carbocycles. The Hall–Kier alpha value is -2.33. The van der Waals surface area contributed by atoms with E-state index in [2.05, 4.69) is 22.4 Å². The monoisotopic (exact) mass is 327 g/mol. The van der Waals surface area contributed by atoms with E-state index in [0.29, 0.717) is 22.8 Å². The Morgan fingerprint density at radius 2 is 2.00 bits per heavy atom. The van der Waals surface area contributed by atoms with Crippen LogP contribution in [0.4, 0.5) is 5.69 Å². The molecule has 0 saturated heterocycles. The molecule has 0 bridgehead atoms. The number of rotatable bonds is 3. The van der Waals surface area contributed by atoms with E-state index in [-0.39, 0.29) is 5.91 Å². The number of hydrogen-bond acceptors (Lipinski definition) is 3. The number of fused-ring (bicyclic) bond motifs is 1. The van der Waals surface area contributed by atoms with Gasteiger partial charge in [-0.15, -0.1) is 0 Å². The maximum absolute atomic E-state index is 12.4. The number of amides is 1. The molecule has 0 aliphatic carbocycles. The summed E-state index contributed by atoms with van der Waals surface area (Å²) in [7, 11) is 1.77. The van der Waals surface area contributed by atoms with Gasteiger partial charge in [-0.25, -0.2) is 4.99 Å². The van der Waals surface area contributed by atoms with Crippen LogP contribution in [0.25, 0.3) is 0 Å². The molecule has 0 unspecified atom stereocenters. The van der Waals surface area contributed by atoms with Gasteiger partial charge in [-0.3, -0.25) is 4.79 Å². The van der Waals surface area contributed by atoms with Crippen LogP contribution in [-0.4, -0.2) is 36.8 Å². The summed E-state index contributed by atoms with van der Waals surface area (Å²) < 4.78 is 0. The number of hydrogen-bond donors (Lipinski definition) is 1. The van der Waals surface area contributed by atoms with Crippen LogP contribution in [-0.2, 0) is 6.42 Å². The summed E-state index contributed by atoms with van der Waals surface area (Å²) in [6.07, 6.45) is 0.908. The molecule has 0 aromatic heterocycles. The first-order chi connectivity index (χ1) is 11.1. The second-order valence-corrected chi connectivity index (χ2v) is 5.98. The van der Waals surface area contributed by atoms with Crippen molar-refractivity contribution in [3.05, 3.63) is 64.7 Å². The molecular weight excluding hydrogens is 310 g/mol. The molecule has 1 heterocycles. The van der Waals surface area contributed by atoms with Crippen molar-refractivity contribution in [2.24, 2.45) is 4.99 Å². The van der Waals surface area contributed by atoms with Gasteiger partial charge < -0.3 is 10.2 Å². The van der Waals surface area contributed by atoms with Crippen molar-refractivity contribution >= 4 is 29.0 Å². The summed E-state index contributed by atoms with van der Waals surface area (Å²) in [6, 6.07) is 15.5. The fourth-order valence-electron chi connectivity index (χ4n) is 2.55. The molecule has 2 aromatic carbocycles. The molecule has 0 atom stereocenters. The molecule has 1 N–H and O–H groups in total. The number of aliphatic imine (C=N–C) groups is 1. The van der Waals surface area contributed by atoms with Crippen LogP contribution in [0.1, 0.15) is 15.9 Å². The maximum Gasteiger partial charge on any atom is 0.256 e. The van der Waals surface area contributed by atoms with Gasteiger partial charge in [0.05, 0.1) is 17.8 Å². The molecule has 1 aliphatic heterocycles. The van der Waals surface area contributed by atoms with Crippen LogP contribution in [0.15, 0.2) is 53.5 Å². The third-order valence-corrected chi connectivity index (χ3v) is 4.00. The molecule has 4 nitrogen and oxygen atoms in total. The molecule has 3 rings (SSSR count). The highest BCUT2D eigenvalue weighted by Crippen LogP contribution is 2.26. The first-order valence-corrected chi connectivity index (χ1v) is 7.91. The number of likely N-dealkylation sites (N-methyl/N-ethyl adjacent to an activating group) is 1. The molecule has 1 aliphatic rings. The van der Waals surface area contributed by atoms with Crippen molar-refractivity contribution in [3.8, 4) is 0 Å². The molecule has 0 fully saturated rings. The quantitative estimate of drug-likeness (QED) is 0.940. The van der Waals surface area contributed by atoms with E-state index in [0.717, 1.165) is 18.8 Å².